The van der Waals surface area contributed by atoms with Gasteiger partial charge in [-0.05, 0) is 42.2 Å². The van der Waals surface area contributed by atoms with E-state index in [4.69, 9.17) is 0 Å². The van der Waals surface area contributed by atoms with E-state index in [1.54, 1.807) is 12.3 Å². The Kier molecular flexibility index (Phi) is 4.35. The zero-order valence-electron chi connectivity index (χ0n) is 14.6. The summed E-state index contributed by atoms with van der Waals surface area (Å²) in [6.45, 7) is 3.35. The van der Waals surface area contributed by atoms with Gasteiger partial charge in [0, 0.05) is 25.0 Å². The topological polar surface area (TPSA) is 58.1 Å². The highest BCUT2D eigenvalue weighted by atomic mass is 16.2. The van der Waals surface area contributed by atoms with E-state index >= 15 is 0 Å². The number of carbonyl (C=O) groups is 1. The maximum atomic E-state index is 12.9. The first-order chi connectivity index (χ1) is 12.7. The van der Waals surface area contributed by atoms with Crippen LogP contribution in [0.1, 0.15) is 27.2 Å². The van der Waals surface area contributed by atoms with Gasteiger partial charge in [-0.1, -0.05) is 42.5 Å². The zero-order chi connectivity index (χ0) is 17.9. The molecule has 130 valence electrons. The van der Waals surface area contributed by atoms with Crippen LogP contribution in [0.2, 0.25) is 0 Å². The lowest BCUT2D eigenvalue weighted by molar-refractivity contribution is 0.0728. The number of nitrogens with one attached hydrogen (secondary N) is 1. The number of para-hydroxylation sites is 1. The summed E-state index contributed by atoms with van der Waals surface area (Å²) in [5.74, 6) is 0.372. The van der Waals surface area contributed by atoms with Crippen LogP contribution in [0.5, 0.6) is 0 Å². The Balaban J connectivity index is 1.53. The predicted octanol–water partition coefficient (Wildman–Crippen LogP) is 3.73. The molecule has 0 saturated heterocycles. The van der Waals surface area contributed by atoms with Crippen molar-refractivity contribution in [3.05, 3.63) is 83.2 Å². The number of hydrogen-bond acceptors (Lipinski definition) is 4. The number of anilines is 2. The Labute approximate surface area is 152 Å². The molecule has 0 radical (unpaired) electrons. The van der Waals surface area contributed by atoms with Gasteiger partial charge in [0.15, 0.2) is 0 Å². The highest BCUT2D eigenvalue weighted by molar-refractivity contribution is 5.92. The SMILES string of the molecule is Cc1ccccc1Nc1nccc(C(=O)N2CCc3ccccc3C2)n1. The number of aromatic nitrogens is 2. The third-order valence-electron chi connectivity index (χ3n) is 4.68. The fourth-order valence-corrected chi connectivity index (χ4v) is 3.20. The average Bonchev–Trinajstić information content (AvgIpc) is 2.69. The van der Waals surface area contributed by atoms with Crippen LogP contribution >= 0.6 is 0 Å². The Morgan fingerprint density at radius 1 is 1.04 bits per heavy atom. The summed E-state index contributed by atoms with van der Waals surface area (Å²) < 4.78 is 0. The van der Waals surface area contributed by atoms with E-state index in [9.17, 15) is 4.79 Å². The summed E-state index contributed by atoms with van der Waals surface area (Å²) in [4.78, 5) is 23.4. The first kappa shape index (κ1) is 16.3. The second-order valence-electron chi connectivity index (χ2n) is 6.45. The van der Waals surface area contributed by atoms with Crippen LogP contribution in [0.3, 0.4) is 0 Å². The smallest absolute Gasteiger partial charge is 0.272 e. The fourth-order valence-electron chi connectivity index (χ4n) is 3.20. The summed E-state index contributed by atoms with van der Waals surface area (Å²) in [6.07, 6.45) is 2.50. The van der Waals surface area contributed by atoms with E-state index in [2.05, 4.69) is 27.4 Å². The standard InChI is InChI=1S/C21H20N4O/c1-15-6-2-5-9-18(15)23-21-22-12-10-19(24-21)20(26)25-13-11-16-7-3-4-8-17(16)14-25/h2-10,12H,11,13-14H2,1H3,(H,22,23,24). The minimum Gasteiger partial charge on any atom is -0.333 e. The number of fused-ring (bicyclic) bond motifs is 1. The van der Waals surface area contributed by atoms with E-state index in [1.165, 1.54) is 11.1 Å². The predicted molar refractivity (Wildman–Crippen MR) is 101 cm³/mol. The summed E-state index contributed by atoms with van der Waals surface area (Å²) in [5, 5.41) is 3.19. The molecule has 5 heteroatoms. The van der Waals surface area contributed by atoms with Crippen molar-refractivity contribution in [2.75, 3.05) is 11.9 Å². The maximum Gasteiger partial charge on any atom is 0.272 e. The molecule has 2 aromatic carbocycles. The first-order valence-corrected chi connectivity index (χ1v) is 8.72. The number of aryl methyl sites for hydroxylation is 1. The normalized spacial score (nSPS) is 13.2. The molecule has 0 bridgehead atoms. The van der Waals surface area contributed by atoms with Crippen LogP contribution in [-0.4, -0.2) is 27.3 Å². The van der Waals surface area contributed by atoms with Gasteiger partial charge in [-0.15, -0.1) is 0 Å². The third kappa shape index (κ3) is 3.28. The highest BCUT2D eigenvalue weighted by Gasteiger charge is 2.22. The van der Waals surface area contributed by atoms with Crippen LogP contribution in [0, 0.1) is 6.92 Å². The van der Waals surface area contributed by atoms with Crippen LogP contribution in [0.15, 0.2) is 60.8 Å². The molecule has 4 rings (SSSR count). The molecule has 1 aliphatic heterocycles. The number of hydrogen-bond donors (Lipinski definition) is 1. The van der Waals surface area contributed by atoms with E-state index < -0.39 is 0 Å². The molecular weight excluding hydrogens is 324 g/mol. The lowest BCUT2D eigenvalue weighted by atomic mass is 10.00. The molecule has 5 nitrogen and oxygen atoms in total. The molecular formula is C21H20N4O. The van der Waals surface area contributed by atoms with Crippen LogP contribution in [-0.2, 0) is 13.0 Å². The molecule has 0 spiro atoms. The average molecular weight is 344 g/mol. The molecule has 0 fully saturated rings. The number of nitrogens with zero attached hydrogens (tertiary/aromatic N) is 3. The largest absolute Gasteiger partial charge is 0.333 e. The van der Waals surface area contributed by atoms with Crippen molar-refractivity contribution >= 4 is 17.5 Å². The van der Waals surface area contributed by atoms with E-state index in [1.807, 2.05) is 48.2 Å². The molecule has 0 atom stereocenters. The van der Waals surface area contributed by atoms with Crippen molar-refractivity contribution < 1.29 is 4.79 Å². The first-order valence-electron chi connectivity index (χ1n) is 8.72. The molecule has 2 heterocycles. The Morgan fingerprint density at radius 2 is 1.81 bits per heavy atom. The number of rotatable bonds is 3. The lowest BCUT2D eigenvalue weighted by Gasteiger charge is -2.28. The van der Waals surface area contributed by atoms with Crippen molar-refractivity contribution in [2.45, 2.75) is 19.9 Å². The number of benzene rings is 2. The van der Waals surface area contributed by atoms with E-state index in [0.29, 0.717) is 24.7 Å². The molecule has 1 N–H and O–H groups in total. The van der Waals surface area contributed by atoms with Crippen molar-refractivity contribution in [3.8, 4) is 0 Å². The van der Waals surface area contributed by atoms with Crippen LogP contribution in [0.4, 0.5) is 11.6 Å². The van der Waals surface area contributed by atoms with Gasteiger partial charge in [0.2, 0.25) is 5.95 Å². The third-order valence-corrected chi connectivity index (χ3v) is 4.68. The van der Waals surface area contributed by atoms with Crippen molar-refractivity contribution in [2.24, 2.45) is 0 Å². The minimum absolute atomic E-state index is 0.0604. The summed E-state index contributed by atoms with van der Waals surface area (Å²) in [7, 11) is 0. The van der Waals surface area contributed by atoms with Gasteiger partial charge in [-0.2, -0.15) is 0 Å². The maximum absolute atomic E-state index is 12.9. The molecule has 0 aliphatic carbocycles. The fraction of sp³-hybridized carbons (Fsp3) is 0.190. The number of carbonyl (C=O) groups excluding carboxylic acids is 1. The Morgan fingerprint density at radius 3 is 2.65 bits per heavy atom. The van der Waals surface area contributed by atoms with Gasteiger partial charge in [0.05, 0.1) is 0 Å². The molecule has 1 aliphatic rings. The van der Waals surface area contributed by atoms with Crippen molar-refractivity contribution in [1.82, 2.24) is 14.9 Å². The summed E-state index contributed by atoms with van der Waals surface area (Å²) in [5.41, 5.74) is 4.97. The minimum atomic E-state index is -0.0604. The summed E-state index contributed by atoms with van der Waals surface area (Å²) >= 11 is 0. The quantitative estimate of drug-likeness (QED) is 0.786. The monoisotopic (exact) mass is 344 g/mol. The van der Waals surface area contributed by atoms with Crippen LogP contribution in [0.25, 0.3) is 0 Å². The van der Waals surface area contributed by atoms with Gasteiger partial charge >= 0.3 is 0 Å². The molecule has 0 saturated carbocycles. The van der Waals surface area contributed by atoms with Gasteiger partial charge in [0.25, 0.3) is 5.91 Å². The van der Waals surface area contributed by atoms with Crippen LogP contribution < -0.4 is 5.32 Å². The van der Waals surface area contributed by atoms with Gasteiger partial charge in [-0.3, -0.25) is 4.79 Å². The van der Waals surface area contributed by atoms with E-state index in [0.717, 1.165) is 17.7 Å². The van der Waals surface area contributed by atoms with Gasteiger partial charge in [-0.25, -0.2) is 9.97 Å². The van der Waals surface area contributed by atoms with E-state index in [-0.39, 0.29) is 5.91 Å². The second kappa shape index (κ2) is 6.96. The van der Waals surface area contributed by atoms with Gasteiger partial charge in [0.1, 0.15) is 5.69 Å². The van der Waals surface area contributed by atoms with Gasteiger partial charge < -0.3 is 10.2 Å². The zero-order valence-corrected chi connectivity index (χ0v) is 14.6. The molecule has 3 aromatic rings. The molecule has 1 aromatic heterocycles. The Hall–Kier alpha value is -3.21. The molecule has 26 heavy (non-hydrogen) atoms. The highest BCUT2D eigenvalue weighted by Crippen LogP contribution is 2.21. The van der Waals surface area contributed by atoms with Crippen molar-refractivity contribution in [1.29, 1.82) is 0 Å². The van der Waals surface area contributed by atoms with Crippen molar-refractivity contribution in [3.63, 3.8) is 0 Å². The lowest BCUT2D eigenvalue weighted by Crippen LogP contribution is -2.36. The summed E-state index contributed by atoms with van der Waals surface area (Å²) in [6, 6.07) is 17.9. The second-order valence-corrected chi connectivity index (χ2v) is 6.45. The Bertz CT molecular complexity index is 954. The molecule has 0 unspecified atom stereocenters. The number of amides is 1. The molecule has 1 amide bonds.